The predicted octanol–water partition coefficient (Wildman–Crippen LogP) is 2.52. The van der Waals surface area contributed by atoms with Gasteiger partial charge in [-0.25, -0.2) is 4.98 Å². The number of pyridine rings is 1. The molecule has 3 rings (SSSR count). The second kappa shape index (κ2) is 3.59. The van der Waals surface area contributed by atoms with Crippen molar-refractivity contribution in [1.29, 1.82) is 0 Å². The maximum absolute atomic E-state index is 6.00. The lowest BCUT2D eigenvalue weighted by Crippen LogP contribution is -1.93. The summed E-state index contributed by atoms with van der Waals surface area (Å²) < 4.78 is 0. The monoisotopic (exact) mass is 224 g/mol. The van der Waals surface area contributed by atoms with E-state index in [0.717, 1.165) is 33.7 Å². The highest BCUT2D eigenvalue weighted by Gasteiger charge is 2.10. The Bertz CT molecular complexity index is 631. The van der Waals surface area contributed by atoms with Crippen molar-refractivity contribution in [2.24, 2.45) is 0 Å². The van der Waals surface area contributed by atoms with E-state index in [1.807, 2.05) is 31.2 Å². The number of aryl methyl sites for hydroxylation is 1. The molecule has 0 aliphatic heterocycles. The number of aromatic amines is 1. The zero-order chi connectivity index (χ0) is 11.8. The molecular formula is C13H12N4. The number of rotatable bonds is 1. The normalized spacial score (nSPS) is 10.9. The van der Waals surface area contributed by atoms with Crippen LogP contribution >= 0.6 is 0 Å². The molecule has 3 N–H and O–H groups in total. The van der Waals surface area contributed by atoms with Crippen molar-refractivity contribution in [3.63, 3.8) is 0 Å². The zero-order valence-corrected chi connectivity index (χ0v) is 9.44. The van der Waals surface area contributed by atoms with Gasteiger partial charge in [-0.05, 0) is 24.6 Å². The molecule has 0 bridgehead atoms. The van der Waals surface area contributed by atoms with Gasteiger partial charge in [0.15, 0.2) is 0 Å². The molecule has 0 saturated carbocycles. The van der Waals surface area contributed by atoms with E-state index in [4.69, 9.17) is 5.73 Å². The van der Waals surface area contributed by atoms with E-state index in [9.17, 15) is 0 Å². The van der Waals surface area contributed by atoms with Crippen LogP contribution in [0.5, 0.6) is 0 Å². The predicted molar refractivity (Wildman–Crippen MR) is 68.5 cm³/mol. The van der Waals surface area contributed by atoms with E-state index < -0.39 is 0 Å². The summed E-state index contributed by atoms with van der Waals surface area (Å²) in [6.45, 7) is 2.02. The average Bonchev–Trinajstić information content (AvgIpc) is 2.71. The highest BCUT2D eigenvalue weighted by atomic mass is 14.9. The number of anilines is 1. The van der Waals surface area contributed by atoms with Crippen LogP contribution in [0.4, 0.5) is 5.69 Å². The van der Waals surface area contributed by atoms with Crippen molar-refractivity contribution in [2.45, 2.75) is 6.92 Å². The molecule has 0 amide bonds. The molecule has 2 aromatic heterocycles. The maximum atomic E-state index is 6.00. The van der Waals surface area contributed by atoms with Crippen molar-refractivity contribution in [3.05, 3.63) is 42.2 Å². The van der Waals surface area contributed by atoms with Crippen LogP contribution in [0.2, 0.25) is 0 Å². The van der Waals surface area contributed by atoms with E-state index >= 15 is 0 Å². The second-order valence-electron chi connectivity index (χ2n) is 4.02. The average molecular weight is 224 g/mol. The summed E-state index contributed by atoms with van der Waals surface area (Å²) in [6.07, 6.45) is 3.49. The summed E-state index contributed by atoms with van der Waals surface area (Å²) >= 11 is 0. The first kappa shape index (κ1) is 9.84. The van der Waals surface area contributed by atoms with E-state index in [1.54, 1.807) is 12.4 Å². The quantitative estimate of drug-likeness (QED) is 0.624. The summed E-state index contributed by atoms with van der Waals surface area (Å²) in [5.74, 6) is 0.795. The van der Waals surface area contributed by atoms with E-state index in [1.165, 1.54) is 0 Å². The van der Waals surface area contributed by atoms with Gasteiger partial charge in [0.2, 0.25) is 0 Å². The molecule has 0 radical (unpaired) electrons. The molecule has 0 saturated heterocycles. The molecule has 4 heteroatoms. The van der Waals surface area contributed by atoms with Crippen LogP contribution < -0.4 is 5.73 Å². The number of fused-ring (bicyclic) bond motifs is 1. The fraction of sp³-hybridized carbons (Fsp3) is 0.0769. The molecule has 0 unspecified atom stereocenters. The molecule has 0 aliphatic rings. The van der Waals surface area contributed by atoms with E-state index in [0.29, 0.717) is 0 Å². The summed E-state index contributed by atoms with van der Waals surface area (Å²) in [7, 11) is 0. The highest BCUT2D eigenvalue weighted by Crippen LogP contribution is 2.28. The molecular weight excluding hydrogens is 212 g/mol. The number of hydrogen-bond acceptors (Lipinski definition) is 3. The van der Waals surface area contributed by atoms with Crippen molar-refractivity contribution >= 4 is 16.7 Å². The molecule has 0 atom stereocenters. The summed E-state index contributed by atoms with van der Waals surface area (Å²) in [6, 6.07) is 7.73. The standard InChI is InChI=1S/C13H12N4/c1-8-3-2-4-9(14)12(8)13-16-10-5-6-15-7-11(10)17-13/h2-7H,14H2,1H3,(H,16,17). The number of aromatic nitrogens is 3. The minimum Gasteiger partial charge on any atom is -0.398 e. The summed E-state index contributed by atoms with van der Waals surface area (Å²) in [4.78, 5) is 11.8. The van der Waals surface area contributed by atoms with Gasteiger partial charge in [-0.2, -0.15) is 0 Å². The van der Waals surface area contributed by atoms with Crippen LogP contribution in [0, 0.1) is 6.92 Å². The van der Waals surface area contributed by atoms with Gasteiger partial charge in [-0.1, -0.05) is 12.1 Å². The molecule has 1 aromatic carbocycles. The van der Waals surface area contributed by atoms with Crippen LogP contribution in [-0.4, -0.2) is 15.0 Å². The molecule has 17 heavy (non-hydrogen) atoms. The third-order valence-electron chi connectivity index (χ3n) is 2.83. The molecule has 0 fully saturated rings. The van der Waals surface area contributed by atoms with Gasteiger partial charge in [0.25, 0.3) is 0 Å². The van der Waals surface area contributed by atoms with Crippen LogP contribution in [0.25, 0.3) is 22.4 Å². The third kappa shape index (κ3) is 1.54. The Morgan fingerprint density at radius 2 is 2.12 bits per heavy atom. The Hall–Kier alpha value is -2.36. The van der Waals surface area contributed by atoms with Gasteiger partial charge in [-0.15, -0.1) is 0 Å². The van der Waals surface area contributed by atoms with Gasteiger partial charge >= 0.3 is 0 Å². The topological polar surface area (TPSA) is 67.6 Å². The molecule has 84 valence electrons. The van der Waals surface area contributed by atoms with E-state index in [-0.39, 0.29) is 0 Å². The molecule has 4 nitrogen and oxygen atoms in total. The smallest absolute Gasteiger partial charge is 0.140 e. The zero-order valence-electron chi connectivity index (χ0n) is 9.44. The lowest BCUT2D eigenvalue weighted by Gasteiger charge is -2.05. The maximum Gasteiger partial charge on any atom is 0.140 e. The summed E-state index contributed by atoms with van der Waals surface area (Å²) in [5, 5.41) is 0. The van der Waals surface area contributed by atoms with Crippen molar-refractivity contribution in [2.75, 3.05) is 5.73 Å². The van der Waals surface area contributed by atoms with E-state index in [2.05, 4.69) is 15.0 Å². The Balaban J connectivity index is 2.27. The number of nitrogens with two attached hydrogens (primary N) is 1. The number of nitrogen functional groups attached to an aromatic ring is 1. The number of hydrogen-bond donors (Lipinski definition) is 2. The largest absolute Gasteiger partial charge is 0.398 e. The molecule has 0 spiro atoms. The van der Waals surface area contributed by atoms with Gasteiger partial charge in [0, 0.05) is 17.4 Å². The summed E-state index contributed by atoms with van der Waals surface area (Å²) in [5.41, 5.74) is 10.6. The van der Waals surface area contributed by atoms with Crippen molar-refractivity contribution < 1.29 is 0 Å². The van der Waals surface area contributed by atoms with Crippen LogP contribution in [-0.2, 0) is 0 Å². The van der Waals surface area contributed by atoms with Gasteiger partial charge < -0.3 is 10.7 Å². The Morgan fingerprint density at radius 1 is 1.24 bits per heavy atom. The fourth-order valence-corrected chi connectivity index (χ4v) is 1.99. The molecule has 2 heterocycles. The van der Waals surface area contributed by atoms with Gasteiger partial charge in [0.1, 0.15) is 5.82 Å². The lowest BCUT2D eigenvalue weighted by molar-refractivity contribution is 1.30. The number of H-pyrrole nitrogens is 1. The molecule has 3 aromatic rings. The Labute approximate surface area is 98.5 Å². The number of benzene rings is 1. The second-order valence-corrected chi connectivity index (χ2v) is 4.02. The highest BCUT2D eigenvalue weighted by molar-refractivity contribution is 5.83. The lowest BCUT2D eigenvalue weighted by atomic mass is 10.1. The van der Waals surface area contributed by atoms with Crippen LogP contribution in [0.3, 0.4) is 0 Å². The number of imidazole rings is 1. The van der Waals surface area contributed by atoms with Crippen LogP contribution in [0.1, 0.15) is 5.56 Å². The van der Waals surface area contributed by atoms with Crippen LogP contribution in [0.15, 0.2) is 36.7 Å². The third-order valence-corrected chi connectivity index (χ3v) is 2.83. The first-order valence-corrected chi connectivity index (χ1v) is 5.41. The molecule has 0 aliphatic carbocycles. The Morgan fingerprint density at radius 3 is 2.88 bits per heavy atom. The number of nitrogens with one attached hydrogen (secondary N) is 1. The first-order valence-electron chi connectivity index (χ1n) is 5.41. The SMILES string of the molecule is Cc1cccc(N)c1-c1nc2ccncc2[nH]1. The van der Waals surface area contributed by atoms with Gasteiger partial charge in [-0.3, -0.25) is 4.98 Å². The van der Waals surface area contributed by atoms with Crippen molar-refractivity contribution in [3.8, 4) is 11.4 Å². The minimum atomic E-state index is 0.733. The number of nitrogens with zero attached hydrogens (tertiary/aromatic N) is 2. The van der Waals surface area contributed by atoms with Crippen molar-refractivity contribution in [1.82, 2.24) is 15.0 Å². The first-order chi connectivity index (χ1) is 8.25. The van der Waals surface area contributed by atoms with Gasteiger partial charge in [0.05, 0.1) is 17.2 Å². The fourth-order valence-electron chi connectivity index (χ4n) is 1.99. The Kier molecular flexibility index (Phi) is 2.08. The minimum absolute atomic E-state index is 0.733.